The van der Waals surface area contributed by atoms with Crippen molar-refractivity contribution in [2.24, 2.45) is 7.05 Å². The molecule has 0 atom stereocenters. The van der Waals surface area contributed by atoms with Gasteiger partial charge in [0, 0.05) is 43.2 Å². The van der Waals surface area contributed by atoms with Crippen molar-refractivity contribution in [3.8, 4) is 28.3 Å². The molecule has 3 aromatic carbocycles. The van der Waals surface area contributed by atoms with E-state index in [0.717, 1.165) is 46.0 Å². The molecule has 0 radical (unpaired) electrons. The lowest BCUT2D eigenvalue weighted by Gasteiger charge is -2.22. The molecule has 0 amide bonds. The smallest absolute Gasteiger partial charge is 0.146 e. The van der Waals surface area contributed by atoms with Crippen LogP contribution in [0.2, 0.25) is 5.02 Å². The van der Waals surface area contributed by atoms with Gasteiger partial charge in [-0.2, -0.15) is 0 Å². The fraction of sp³-hybridized carbons (Fsp3) is 0.281. The number of aryl methyl sites for hydroxylation is 3. The third-order valence-corrected chi connectivity index (χ3v) is 8.25. The van der Waals surface area contributed by atoms with E-state index in [9.17, 15) is 0 Å². The number of ether oxygens (including phenoxy) is 1. The van der Waals surface area contributed by atoms with Crippen molar-refractivity contribution in [2.45, 2.75) is 46.8 Å². The maximum Gasteiger partial charge on any atom is 0.146 e. The topological polar surface area (TPSA) is 43.4 Å². The van der Waals surface area contributed by atoms with Crippen LogP contribution in [0.25, 0.3) is 22.5 Å². The van der Waals surface area contributed by atoms with Crippen LogP contribution in [0, 0.1) is 13.8 Å². The summed E-state index contributed by atoms with van der Waals surface area (Å²) < 4.78 is 14.3. The summed E-state index contributed by atoms with van der Waals surface area (Å²) in [4.78, 5) is 2.27. The van der Waals surface area contributed by atoms with Crippen molar-refractivity contribution in [1.29, 1.82) is 0 Å². The fourth-order valence-electron chi connectivity index (χ4n) is 4.95. The van der Waals surface area contributed by atoms with Crippen molar-refractivity contribution < 1.29 is 9.26 Å². The Balaban J connectivity index is 1.30. The zero-order valence-corrected chi connectivity index (χ0v) is 24.9. The molecule has 0 unspecified atom stereocenters. The Morgan fingerprint density at radius 2 is 1.82 bits per heavy atom. The highest BCUT2D eigenvalue weighted by Gasteiger charge is 2.23. The minimum absolute atomic E-state index is 0.171. The van der Waals surface area contributed by atoms with Gasteiger partial charge in [-0.1, -0.05) is 78.5 Å². The van der Waals surface area contributed by atoms with Gasteiger partial charge in [0.2, 0.25) is 0 Å². The standard InChI is InChI=1S/C32H34ClN3O2S/c1-20(2)32-26(31(34-38-32)30-21(3)8-7-9-27(30)33)18-37-25-14-15-28(22(4)16-25)35(5)17-23-10-12-24(13-11-23)29-19-39-36(29)6/h7-16,19-20H,17-18H2,1-6H3. The molecule has 0 saturated heterocycles. The predicted octanol–water partition coefficient (Wildman–Crippen LogP) is 9.02. The first-order valence-corrected chi connectivity index (χ1v) is 14.3. The lowest BCUT2D eigenvalue weighted by molar-refractivity contribution is 0.298. The SMILES string of the molecule is Cc1cc(OCc2c(-c3c(C)cccc3Cl)noc2C(C)C)ccc1N(C)Cc1ccc(-c2csn2C)cc1. The first-order chi connectivity index (χ1) is 18.7. The van der Waals surface area contributed by atoms with Gasteiger partial charge in [-0.25, -0.2) is 0 Å². The highest BCUT2D eigenvalue weighted by Crippen LogP contribution is 2.37. The summed E-state index contributed by atoms with van der Waals surface area (Å²) in [5, 5.41) is 7.25. The van der Waals surface area contributed by atoms with E-state index < -0.39 is 0 Å². The molecule has 7 heteroatoms. The number of aromatic nitrogens is 2. The van der Waals surface area contributed by atoms with Gasteiger partial charge in [-0.05, 0) is 60.4 Å². The number of hydrogen-bond acceptors (Lipinski definition) is 5. The van der Waals surface area contributed by atoms with Gasteiger partial charge >= 0.3 is 0 Å². The molecule has 5 aromatic rings. The number of hydrogen-bond donors (Lipinski definition) is 0. The third kappa shape index (κ3) is 5.63. The minimum Gasteiger partial charge on any atom is -0.489 e. The van der Waals surface area contributed by atoms with E-state index in [1.54, 1.807) is 11.5 Å². The van der Waals surface area contributed by atoms with Crippen LogP contribution in [0.4, 0.5) is 5.69 Å². The van der Waals surface area contributed by atoms with Crippen LogP contribution in [0.5, 0.6) is 5.75 Å². The summed E-state index contributed by atoms with van der Waals surface area (Å²) in [6, 6.07) is 20.9. The Kier molecular flexibility index (Phi) is 7.87. The molecule has 202 valence electrons. The van der Waals surface area contributed by atoms with E-state index in [1.165, 1.54) is 22.5 Å². The second kappa shape index (κ2) is 11.3. The van der Waals surface area contributed by atoms with E-state index in [4.69, 9.17) is 20.9 Å². The number of benzene rings is 3. The quantitative estimate of drug-likeness (QED) is 0.181. The Labute approximate surface area is 239 Å². The van der Waals surface area contributed by atoms with Crippen molar-refractivity contribution in [2.75, 3.05) is 11.9 Å². The summed E-state index contributed by atoms with van der Waals surface area (Å²) in [7, 11) is 4.21. The molecule has 5 nitrogen and oxygen atoms in total. The van der Waals surface area contributed by atoms with Crippen molar-refractivity contribution >= 4 is 28.8 Å². The van der Waals surface area contributed by atoms with Gasteiger partial charge < -0.3 is 14.2 Å². The molecule has 0 saturated carbocycles. The van der Waals surface area contributed by atoms with Crippen LogP contribution in [0.3, 0.4) is 0 Å². The molecule has 0 aliphatic rings. The van der Waals surface area contributed by atoms with Gasteiger partial charge in [-0.3, -0.25) is 3.96 Å². The van der Waals surface area contributed by atoms with Crippen LogP contribution in [0.15, 0.2) is 70.6 Å². The highest BCUT2D eigenvalue weighted by atomic mass is 35.5. The molecule has 2 heterocycles. The molecule has 0 spiro atoms. The molecule has 39 heavy (non-hydrogen) atoms. The molecule has 0 aliphatic heterocycles. The molecular weight excluding hydrogens is 526 g/mol. The molecular formula is C32H34ClN3O2S. The first kappa shape index (κ1) is 27.1. The Morgan fingerprint density at radius 1 is 1.05 bits per heavy atom. The van der Waals surface area contributed by atoms with Crippen LogP contribution in [0.1, 0.15) is 47.8 Å². The number of halogens is 1. The van der Waals surface area contributed by atoms with Crippen molar-refractivity contribution in [3.63, 3.8) is 0 Å². The van der Waals surface area contributed by atoms with Crippen molar-refractivity contribution in [1.82, 2.24) is 9.11 Å². The zero-order valence-electron chi connectivity index (χ0n) is 23.3. The lowest BCUT2D eigenvalue weighted by Crippen LogP contribution is -2.17. The Hall–Kier alpha value is -3.48. The summed E-state index contributed by atoms with van der Waals surface area (Å²) in [5.74, 6) is 1.80. The van der Waals surface area contributed by atoms with Gasteiger partial charge in [-0.15, -0.1) is 0 Å². The molecule has 0 fully saturated rings. The van der Waals surface area contributed by atoms with Gasteiger partial charge in [0.05, 0.1) is 16.3 Å². The van der Waals surface area contributed by atoms with Gasteiger partial charge in [0.1, 0.15) is 23.8 Å². The Morgan fingerprint density at radius 3 is 2.44 bits per heavy atom. The average Bonchev–Trinajstić information content (AvgIpc) is 3.31. The Bertz CT molecular complexity index is 1560. The van der Waals surface area contributed by atoms with E-state index in [-0.39, 0.29) is 5.92 Å². The zero-order chi connectivity index (χ0) is 27.7. The molecule has 2 aromatic heterocycles. The van der Waals surface area contributed by atoms with Crippen LogP contribution >= 0.6 is 23.1 Å². The second-order valence-corrected chi connectivity index (χ2v) is 11.8. The molecule has 0 N–H and O–H groups in total. The fourth-order valence-corrected chi connectivity index (χ4v) is 5.92. The molecule has 0 aliphatic carbocycles. The largest absolute Gasteiger partial charge is 0.489 e. The second-order valence-electron chi connectivity index (χ2n) is 10.4. The van der Waals surface area contributed by atoms with Crippen molar-refractivity contribution in [3.05, 3.63) is 99.1 Å². The van der Waals surface area contributed by atoms with Gasteiger partial charge in [0.25, 0.3) is 0 Å². The van der Waals surface area contributed by atoms with E-state index >= 15 is 0 Å². The van der Waals surface area contributed by atoms with Crippen LogP contribution in [-0.4, -0.2) is 16.2 Å². The van der Waals surface area contributed by atoms with E-state index in [1.807, 2.05) is 31.2 Å². The number of rotatable bonds is 9. The van der Waals surface area contributed by atoms with E-state index in [0.29, 0.717) is 11.6 Å². The number of nitrogens with zero attached hydrogens (tertiary/aromatic N) is 3. The highest BCUT2D eigenvalue weighted by molar-refractivity contribution is 7.06. The van der Waals surface area contributed by atoms with Crippen LogP contribution in [-0.2, 0) is 20.2 Å². The average molecular weight is 560 g/mol. The molecule has 5 rings (SSSR count). The monoisotopic (exact) mass is 559 g/mol. The summed E-state index contributed by atoms with van der Waals surface area (Å²) in [6.07, 6.45) is 0. The number of anilines is 1. The maximum atomic E-state index is 6.57. The molecule has 0 bridgehead atoms. The third-order valence-electron chi connectivity index (χ3n) is 7.10. The normalized spacial score (nSPS) is 11.4. The minimum atomic E-state index is 0.171. The first-order valence-electron chi connectivity index (χ1n) is 13.1. The summed E-state index contributed by atoms with van der Waals surface area (Å²) in [5.41, 5.74) is 9.75. The van der Waals surface area contributed by atoms with Crippen LogP contribution < -0.4 is 9.64 Å². The summed E-state index contributed by atoms with van der Waals surface area (Å²) in [6.45, 7) is 9.52. The maximum absolute atomic E-state index is 6.57. The van der Waals surface area contributed by atoms with E-state index in [2.05, 4.69) is 90.7 Å². The lowest BCUT2D eigenvalue weighted by atomic mass is 9.98. The predicted molar refractivity (Wildman–Crippen MR) is 162 cm³/mol. The van der Waals surface area contributed by atoms with Gasteiger partial charge in [0.15, 0.2) is 0 Å². The summed E-state index contributed by atoms with van der Waals surface area (Å²) >= 11 is 8.29.